The van der Waals surface area contributed by atoms with Crippen molar-refractivity contribution in [3.63, 3.8) is 0 Å². The van der Waals surface area contributed by atoms with Gasteiger partial charge in [-0.15, -0.1) is 11.6 Å². The summed E-state index contributed by atoms with van der Waals surface area (Å²) in [7, 11) is 0. The molecular weight excluding hydrogens is 350 g/mol. The highest BCUT2D eigenvalue weighted by Crippen LogP contribution is 2.22. The normalized spacial score (nSPS) is 11.1. The van der Waals surface area contributed by atoms with E-state index in [1.807, 2.05) is 18.3 Å². The predicted octanol–water partition coefficient (Wildman–Crippen LogP) is 4.22. The Morgan fingerprint density at radius 3 is 2.86 bits per heavy atom. The molecule has 2 heterocycles. The molecule has 3 rings (SSSR count). The van der Waals surface area contributed by atoms with Gasteiger partial charge in [-0.2, -0.15) is 0 Å². The number of fused-ring (bicyclic) bond motifs is 1. The lowest BCUT2D eigenvalue weighted by Gasteiger charge is -2.08. The van der Waals surface area contributed by atoms with Crippen LogP contribution in [0, 0.1) is 0 Å². The minimum absolute atomic E-state index is 0.581. The van der Waals surface area contributed by atoms with Crippen LogP contribution >= 0.6 is 27.5 Å². The van der Waals surface area contributed by atoms with Gasteiger partial charge in [0.05, 0.1) is 11.0 Å². The summed E-state index contributed by atoms with van der Waals surface area (Å²) in [6.45, 7) is 0.885. The lowest BCUT2D eigenvalue weighted by Crippen LogP contribution is -2.07. The van der Waals surface area contributed by atoms with Gasteiger partial charge >= 0.3 is 0 Å². The smallest absolute Gasteiger partial charge is 0.111 e. The fourth-order valence-electron chi connectivity index (χ4n) is 2.46. The average Bonchev–Trinajstić information content (AvgIpc) is 2.83. The minimum atomic E-state index is 0.581. The Labute approximate surface area is 137 Å². The molecule has 0 amide bonds. The summed E-state index contributed by atoms with van der Waals surface area (Å²) in [6.07, 6.45) is 5.43. The van der Waals surface area contributed by atoms with Gasteiger partial charge in [0, 0.05) is 35.7 Å². The first-order valence-corrected chi connectivity index (χ1v) is 8.20. The molecule has 0 saturated carbocycles. The van der Waals surface area contributed by atoms with Crippen molar-refractivity contribution < 1.29 is 0 Å². The minimum Gasteiger partial charge on any atom is -0.328 e. The summed E-state index contributed by atoms with van der Waals surface area (Å²) < 4.78 is 3.31. The SMILES string of the molecule is ClCCc1nc2cc(Br)ccc2n1CCc1cccnc1. The molecule has 1 aromatic carbocycles. The van der Waals surface area contributed by atoms with E-state index >= 15 is 0 Å². The maximum Gasteiger partial charge on any atom is 0.111 e. The summed E-state index contributed by atoms with van der Waals surface area (Å²) in [5, 5.41) is 0. The number of halogens is 2. The molecule has 21 heavy (non-hydrogen) atoms. The van der Waals surface area contributed by atoms with E-state index in [0.29, 0.717) is 5.88 Å². The molecule has 0 aliphatic carbocycles. The van der Waals surface area contributed by atoms with Crippen molar-refractivity contribution in [2.75, 3.05) is 5.88 Å². The maximum atomic E-state index is 5.91. The molecule has 108 valence electrons. The van der Waals surface area contributed by atoms with Crippen LogP contribution in [0.15, 0.2) is 47.2 Å². The van der Waals surface area contributed by atoms with E-state index in [1.165, 1.54) is 5.56 Å². The van der Waals surface area contributed by atoms with Crippen LogP contribution in [0.3, 0.4) is 0 Å². The molecule has 0 radical (unpaired) electrons. The van der Waals surface area contributed by atoms with E-state index in [2.05, 4.69) is 43.7 Å². The van der Waals surface area contributed by atoms with Crippen molar-refractivity contribution in [3.8, 4) is 0 Å². The Balaban J connectivity index is 1.93. The Morgan fingerprint density at radius 1 is 1.19 bits per heavy atom. The monoisotopic (exact) mass is 363 g/mol. The standard InChI is InChI=1S/C16H15BrClN3/c17-13-3-4-15-14(10-13)20-16(5-7-18)21(15)9-6-12-2-1-8-19-11-12/h1-4,8,10-11H,5-7,9H2. The van der Waals surface area contributed by atoms with Gasteiger partial charge in [0.1, 0.15) is 5.82 Å². The number of nitrogens with zero attached hydrogens (tertiary/aromatic N) is 3. The number of rotatable bonds is 5. The molecule has 2 aromatic heterocycles. The predicted molar refractivity (Wildman–Crippen MR) is 89.8 cm³/mol. The number of alkyl halides is 1. The molecule has 0 bridgehead atoms. The number of aryl methyl sites for hydroxylation is 3. The van der Waals surface area contributed by atoms with Crippen molar-refractivity contribution in [1.29, 1.82) is 0 Å². The van der Waals surface area contributed by atoms with Crippen LogP contribution < -0.4 is 0 Å². The highest BCUT2D eigenvalue weighted by atomic mass is 79.9. The fraction of sp³-hybridized carbons (Fsp3) is 0.250. The summed E-state index contributed by atoms with van der Waals surface area (Å²) in [6, 6.07) is 10.3. The molecule has 0 N–H and O–H groups in total. The number of hydrogen-bond donors (Lipinski definition) is 0. The molecule has 3 nitrogen and oxygen atoms in total. The molecular formula is C16H15BrClN3. The lowest BCUT2D eigenvalue weighted by atomic mass is 10.2. The van der Waals surface area contributed by atoms with Crippen LogP contribution in [0.25, 0.3) is 11.0 Å². The van der Waals surface area contributed by atoms with Gasteiger partial charge < -0.3 is 4.57 Å². The van der Waals surface area contributed by atoms with Crippen LogP contribution in [0.5, 0.6) is 0 Å². The van der Waals surface area contributed by atoms with Crippen LogP contribution in [0.1, 0.15) is 11.4 Å². The molecule has 3 aromatic rings. The van der Waals surface area contributed by atoms with E-state index in [-0.39, 0.29) is 0 Å². The van der Waals surface area contributed by atoms with Crippen molar-refractivity contribution in [2.45, 2.75) is 19.4 Å². The molecule has 0 unspecified atom stereocenters. The maximum absolute atomic E-state index is 5.91. The van der Waals surface area contributed by atoms with Crippen molar-refractivity contribution in [3.05, 3.63) is 58.6 Å². The van der Waals surface area contributed by atoms with Crippen LogP contribution in [-0.2, 0) is 19.4 Å². The number of hydrogen-bond acceptors (Lipinski definition) is 2. The van der Waals surface area contributed by atoms with Gasteiger partial charge in [-0.25, -0.2) is 4.98 Å². The molecule has 0 spiro atoms. The van der Waals surface area contributed by atoms with Crippen molar-refractivity contribution in [2.24, 2.45) is 0 Å². The number of pyridine rings is 1. The molecule has 0 aliphatic rings. The Kier molecular flexibility index (Phi) is 4.56. The van der Waals surface area contributed by atoms with E-state index in [0.717, 1.165) is 40.7 Å². The number of benzene rings is 1. The second-order valence-electron chi connectivity index (χ2n) is 4.86. The number of aromatic nitrogens is 3. The zero-order valence-electron chi connectivity index (χ0n) is 11.5. The zero-order chi connectivity index (χ0) is 14.7. The molecule has 0 aliphatic heterocycles. The van der Waals surface area contributed by atoms with Gasteiger partial charge in [0.15, 0.2) is 0 Å². The molecule has 0 saturated heterocycles. The summed E-state index contributed by atoms with van der Waals surface area (Å²) in [5.41, 5.74) is 3.39. The third-order valence-electron chi connectivity index (χ3n) is 3.45. The highest BCUT2D eigenvalue weighted by Gasteiger charge is 2.10. The molecule has 5 heteroatoms. The first kappa shape index (κ1) is 14.5. The topological polar surface area (TPSA) is 30.7 Å². The van der Waals surface area contributed by atoms with Gasteiger partial charge in [0.25, 0.3) is 0 Å². The van der Waals surface area contributed by atoms with Gasteiger partial charge in [-0.3, -0.25) is 4.98 Å². The first-order valence-electron chi connectivity index (χ1n) is 6.87. The van der Waals surface area contributed by atoms with Gasteiger partial charge in [-0.1, -0.05) is 22.0 Å². The second kappa shape index (κ2) is 6.58. The third-order valence-corrected chi connectivity index (χ3v) is 4.14. The third kappa shape index (κ3) is 3.27. The largest absolute Gasteiger partial charge is 0.328 e. The first-order chi connectivity index (χ1) is 10.3. The Hall–Kier alpha value is -1.39. The van der Waals surface area contributed by atoms with Crippen LogP contribution in [-0.4, -0.2) is 20.4 Å². The quantitative estimate of drug-likeness (QED) is 0.635. The van der Waals surface area contributed by atoms with E-state index in [1.54, 1.807) is 6.20 Å². The zero-order valence-corrected chi connectivity index (χ0v) is 13.8. The van der Waals surface area contributed by atoms with E-state index in [9.17, 15) is 0 Å². The fourth-order valence-corrected chi connectivity index (χ4v) is 2.98. The summed E-state index contributed by atoms with van der Waals surface area (Å²) in [4.78, 5) is 8.87. The van der Waals surface area contributed by atoms with Crippen LogP contribution in [0.2, 0.25) is 0 Å². The molecule has 0 fully saturated rings. The van der Waals surface area contributed by atoms with E-state index in [4.69, 9.17) is 16.6 Å². The molecule has 0 atom stereocenters. The Morgan fingerprint density at radius 2 is 2.10 bits per heavy atom. The highest BCUT2D eigenvalue weighted by molar-refractivity contribution is 9.10. The Bertz CT molecular complexity index is 740. The second-order valence-corrected chi connectivity index (χ2v) is 6.16. The summed E-state index contributed by atoms with van der Waals surface area (Å²) >= 11 is 9.41. The van der Waals surface area contributed by atoms with Crippen molar-refractivity contribution >= 4 is 38.6 Å². The average molecular weight is 365 g/mol. The van der Waals surface area contributed by atoms with E-state index < -0.39 is 0 Å². The number of imidazole rings is 1. The summed E-state index contributed by atoms with van der Waals surface area (Å²) in [5.74, 6) is 1.62. The van der Waals surface area contributed by atoms with Crippen LogP contribution in [0.4, 0.5) is 0 Å². The van der Waals surface area contributed by atoms with Gasteiger partial charge in [-0.05, 0) is 36.2 Å². The van der Waals surface area contributed by atoms with Gasteiger partial charge in [0.2, 0.25) is 0 Å². The lowest BCUT2D eigenvalue weighted by molar-refractivity contribution is 0.674. The van der Waals surface area contributed by atoms with Crippen molar-refractivity contribution in [1.82, 2.24) is 14.5 Å².